The minimum atomic E-state index is 0.523. The third-order valence-electron chi connectivity index (χ3n) is 4.79. The molecule has 2 nitrogen and oxygen atoms in total. The molecule has 0 amide bonds. The van der Waals surface area contributed by atoms with E-state index in [4.69, 9.17) is 4.74 Å². The van der Waals surface area contributed by atoms with Crippen molar-refractivity contribution in [2.75, 3.05) is 6.54 Å². The van der Waals surface area contributed by atoms with Crippen LogP contribution in [-0.2, 0) is 6.61 Å². The van der Waals surface area contributed by atoms with Crippen LogP contribution in [0.1, 0.15) is 30.0 Å². The molecule has 2 heteroatoms. The summed E-state index contributed by atoms with van der Waals surface area (Å²) in [5.41, 5.74) is 4.99. The van der Waals surface area contributed by atoms with E-state index in [0.29, 0.717) is 12.6 Å². The van der Waals surface area contributed by atoms with E-state index in [1.807, 2.05) is 24.3 Å². The maximum atomic E-state index is 5.95. The summed E-state index contributed by atoms with van der Waals surface area (Å²) in [6.45, 7) is 1.73. The smallest absolute Gasteiger partial charge is 0.120 e. The lowest BCUT2D eigenvalue weighted by atomic mass is 10.00. The van der Waals surface area contributed by atoms with Gasteiger partial charge in [0.25, 0.3) is 0 Å². The molecule has 25 heavy (non-hydrogen) atoms. The van der Waals surface area contributed by atoms with Crippen molar-refractivity contribution in [3.8, 4) is 16.9 Å². The van der Waals surface area contributed by atoms with E-state index in [-0.39, 0.29) is 0 Å². The van der Waals surface area contributed by atoms with E-state index in [1.165, 1.54) is 35.1 Å². The molecule has 1 aliphatic heterocycles. The van der Waals surface area contributed by atoms with Gasteiger partial charge in [-0.2, -0.15) is 0 Å². The largest absolute Gasteiger partial charge is 0.489 e. The molecule has 0 saturated carbocycles. The lowest BCUT2D eigenvalue weighted by Crippen LogP contribution is -2.12. The van der Waals surface area contributed by atoms with Crippen LogP contribution in [0.15, 0.2) is 78.9 Å². The summed E-state index contributed by atoms with van der Waals surface area (Å²) in [5, 5.41) is 3.55. The molecule has 1 atom stereocenters. The van der Waals surface area contributed by atoms with Crippen molar-refractivity contribution in [2.45, 2.75) is 25.5 Å². The molecule has 1 fully saturated rings. The van der Waals surface area contributed by atoms with Crippen molar-refractivity contribution in [1.82, 2.24) is 5.32 Å². The summed E-state index contributed by atoms with van der Waals surface area (Å²) < 4.78 is 5.95. The topological polar surface area (TPSA) is 21.3 Å². The molecule has 0 aliphatic carbocycles. The highest BCUT2D eigenvalue weighted by Gasteiger charge is 2.15. The molecular weight excluding hydrogens is 306 g/mol. The Bertz CT molecular complexity index is 805. The number of ether oxygens (including phenoxy) is 1. The fourth-order valence-electron chi connectivity index (χ4n) is 3.38. The van der Waals surface area contributed by atoms with Gasteiger partial charge >= 0.3 is 0 Å². The monoisotopic (exact) mass is 329 g/mol. The van der Waals surface area contributed by atoms with Crippen molar-refractivity contribution in [3.63, 3.8) is 0 Å². The van der Waals surface area contributed by atoms with Crippen LogP contribution in [0.2, 0.25) is 0 Å². The van der Waals surface area contributed by atoms with Gasteiger partial charge in [-0.25, -0.2) is 0 Å². The third-order valence-corrected chi connectivity index (χ3v) is 4.79. The van der Waals surface area contributed by atoms with Crippen molar-refractivity contribution < 1.29 is 4.74 Å². The molecule has 0 spiro atoms. The Morgan fingerprint density at radius 2 is 1.68 bits per heavy atom. The highest BCUT2D eigenvalue weighted by Crippen LogP contribution is 2.28. The Morgan fingerprint density at radius 3 is 2.44 bits per heavy atom. The van der Waals surface area contributed by atoms with Gasteiger partial charge in [-0.3, -0.25) is 0 Å². The third kappa shape index (κ3) is 3.92. The van der Waals surface area contributed by atoms with Crippen molar-refractivity contribution in [1.29, 1.82) is 0 Å². The zero-order valence-corrected chi connectivity index (χ0v) is 14.3. The molecule has 0 radical (unpaired) electrons. The summed E-state index contributed by atoms with van der Waals surface area (Å²) in [5.74, 6) is 0.905. The average molecular weight is 329 g/mol. The normalized spacial score (nSPS) is 16.7. The Morgan fingerprint density at radius 1 is 0.840 bits per heavy atom. The molecular formula is C23H23NO. The fraction of sp³-hybridized carbons (Fsp3) is 0.217. The molecule has 4 rings (SSSR count). The highest BCUT2D eigenvalue weighted by atomic mass is 16.5. The van der Waals surface area contributed by atoms with Gasteiger partial charge in [-0.15, -0.1) is 0 Å². The maximum Gasteiger partial charge on any atom is 0.120 e. The number of rotatable bonds is 5. The Kier molecular flexibility index (Phi) is 4.80. The first-order chi connectivity index (χ1) is 12.4. The van der Waals surface area contributed by atoms with Gasteiger partial charge in [-0.1, -0.05) is 66.7 Å². The Labute approximate surface area is 149 Å². The maximum absolute atomic E-state index is 5.95. The summed E-state index contributed by atoms with van der Waals surface area (Å²) >= 11 is 0. The number of hydrogen-bond acceptors (Lipinski definition) is 2. The molecule has 1 unspecified atom stereocenters. The second-order valence-electron chi connectivity index (χ2n) is 6.57. The van der Waals surface area contributed by atoms with Gasteiger partial charge in [0.05, 0.1) is 0 Å². The first kappa shape index (κ1) is 15.9. The molecule has 3 aromatic carbocycles. The van der Waals surface area contributed by atoms with E-state index in [2.05, 4.69) is 59.9 Å². The van der Waals surface area contributed by atoms with E-state index < -0.39 is 0 Å². The predicted octanol–water partition coefficient (Wildman–Crippen LogP) is 5.36. The van der Waals surface area contributed by atoms with Crippen LogP contribution in [0.4, 0.5) is 0 Å². The molecule has 1 aliphatic rings. The lowest BCUT2D eigenvalue weighted by Gasteiger charge is -2.12. The van der Waals surface area contributed by atoms with E-state index in [0.717, 1.165) is 12.3 Å². The summed E-state index contributed by atoms with van der Waals surface area (Å²) in [6.07, 6.45) is 2.51. The fourth-order valence-corrected chi connectivity index (χ4v) is 3.38. The molecule has 126 valence electrons. The zero-order valence-electron chi connectivity index (χ0n) is 14.3. The molecule has 0 bridgehead atoms. The van der Waals surface area contributed by atoms with Crippen molar-refractivity contribution in [2.24, 2.45) is 0 Å². The SMILES string of the molecule is c1ccc(COc2cccc(-c3ccc(C4CCCN4)cc3)c2)cc1. The van der Waals surface area contributed by atoms with E-state index >= 15 is 0 Å². The number of hydrogen-bond donors (Lipinski definition) is 1. The standard InChI is InChI=1S/C23H23NO/c1-2-6-18(7-3-1)17-25-22-9-4-8-21(16-22)19-11-13-20(14-12-19)23-10-5-15-24-23/h1-4,6-9,11-14,16,23-24H,5,10,15,17H2. The first-order valence-corrected chi connectivity index (χ1v) is 8.99. The number of nitrogens with one attached hydrogen (secondary N) is 1. The van der Waals surface area contributed by atoms with Crippen LogP contribution in [0.3, 0.4) is 0 Å². The second kappa shape index (κ2) is 7.54. The highest BCUT2D eigenvalue weighted by molar-refractivity contribution is 5.65. The Balaban J connectivity index is 1.47. The van der Waals surface area contributed by atoms with E-state index in [9.17, 15) is 0 Å². The second-order valence-corrected chi connectivity index (χ2v) is 6.57. The van der Waals surface area contributed by atoms with Gasteiger partial charge in [0, 0.05) is 6.04 Å². The Hall–Kier alpha value is -2.58. The van der Waals surface area contributed by atoms with Crippen LogP contribution in [0.25, 0.3) is 11.1 Å². The van der Waals surface area contributed by atoms with Crippen molar-refractivity contribution >= 4 is 0 Å². The molecule has 3 aromatic rings. The van der Waals surface area contributed by atoms with Crippen LogP contribution in [0, 0.1) is 0 Å². The van der Waals surface area contributed by atoms with Gasteiger partial charge < -0.3 is 10.1 Å². The van der Waals surface area contributed by atoms with Crippen molar-refractivity contribution in [3.05, 3.63) is 90.0 Å². The average Bonchev–Trinajstić information content (AvgIpc) is 3.22. The van der Waals surface area contributed by atoms with Crippen LogP contribution in [-0.4, -0.2) is 6.54 Å². The number of benzene rings is 3. The van der Waals surface area contributed by atoms with Gasteiger partial charge in [0.2, 0.25) is 0 Å². The zero-order chi connectivity index (χ0) is 16.9. The quantitative estimate of drug-likeness (QED) is 0.680. The summed E-state index contributed by atoms with van der Waals surface area (Å²) in [4.78, 5) is 0. The van der Waals surface area contributed by atoms with Crippen LogP contribution < -0.4 is 10.1 Å². The molecule has 0 aromatic heterocycles. The minimum Gasteiger partial charge on any atom is -0.489 e. The van der Waals surface area contributed by atoms with E-state index in [1.54, 1.807) is 0 Å². The van der Waals surface area contributed by atoms with Gasteiger partial charge in [0.1, 0.15) is 12.4 Å². The van der Waals surface area contributed by atoms with Crippen LogP contribution in [0.5, 0.6) is 5.75 Å². The molecule has 1 saturated heterocycles. The summed E-state index contributed by atoms with van der Waals surface area (Å²) in [6, 6.07) is 28.0. The lowest BCUT2D eigenvalue weighted by molar-refractivity contribution is 0.306. The van der Waals surface area contributed by atoms with Crippen LogP contribution >= 0.6 is 0 Å². The molecule has 1 heterocycles. The van der Waals surface area contributed by atoms with Gasteiger partial charge in [0.15, 0.2) is 0 Å². The summed E-state index contributed by atoms with van der Waals surface area (Å²) in [7, 11) is 0. The first-order valence-electron chi connectivity index (χ1n) is 8.99. The molecule has 1 N–H and O–H groups in total. The minimum absolute atomic E-state index is 0.523. The predicted molar refractivity (Wildman–Crippen MR) is 103 cm³/mol. The van der Waals surface area contributed by atoms with Gasteiger partial charge in [-0.05, 0) is 53.8 Å².